The molecule has 1 heterocycles. The number of urea groups is 1. The fraction of sp³-hybridized carbons (Fsp3) is 0.562. The third-order valence-corrected chi connectivity index (χ3v) is 5.89. The van der Waals surface area contributed by atoms with Gasteiger partial charge >= 0.3 is 6.03 Å². The van der Waals surface area contributed by atoms with Crippen LogP contribution < -0.4 is 10.1 Å². The molecule has 1 N–H and O–H groups in total. The fourth-order valence-corrected chi connectivity index (χ4v) is 3.89. The summed E-state index contributed by atoms with van der Waals surface area (Å²) in [7, 11) is -0.840. The van der Waals surface area contributed by atoms with Crippen LogP contribution in [0.5, 0.6) is 5.75 Å². The molecule has 2 rings (SSSR count). The van der Waals surface area contributed by atoms with Crippen LogP contribution >= 0.6 is 0 Å². The van der Waals surface area contributed by atoms with E-state index >= 15 is 0 Å². The largest absolute Gasteiger partial charge is 0.494 e. The highest BCUT2D eigenvalue weighted by atomic mass is 32.2. The van der Waals surface area contributed by atoms with Crippen LogP contribution in [0.25, 0.3) is 0 Å². The molecule has 1 aliphatic rings. The van der Waals surface area contributed by atoms with Crippen LogP contribution in [-0.2, 0) is 17.3 Å². The van der Waals surface area contributed by atoms with Crippen LogP contribution in [0.3, 0.4) is 0 Å². The summed E-state index contributed by atoms with van der Waals surface area (Å²) < 4.78 is 17.4. The van der Waals surface area contributed by atoms with Gasteiger partial charge in [-0.15, -0.1) is 0 Å². The third-order valence-electron chi connectivity index (χ3n) is 4.08. The molecule has 0 unspecified atom stereocenters. The maximum Gasteiger partial charge on any atom is 0.317 e. The van der Waals surface area contributed by atoms with Crippen LogP contribution in [0, 0.1) is 0 Å². The molecule has 0 aliphatic carbocycles. The first-order valence-corrected chi connectivity index (χ1v) is 9.05. The number of hydrogen-bond acceptors (Lipinski definition) is 3. The zero-order chi connectivity index (χ0) is 16.1. The van der Waals surface area contributed by atoms with Crippen LogP contribution in [0.15, 0.2) is 24.3 Å². The van der Waals surface area contributed by atoms with Gasteiger partial charge in [-0.25, -0.2) is 4.79 Å². The van der Waals surface area contributed by atoms with Crippen LogP contribution in [-0.4, -0.2) is 45.3 Å². The molecule has 2 amide bonds. The third kappa shape index (κ3) is 3.80. The topological polar surface area (TPSA) is 58.6 Å². The predicted molar refractivity (Wildman–Crippen MR) is 88.5 cm³/mol. The second-order valence-corrected chi connectivity index (χ2v) is 7.34. The van der Waals surface area contributed by atoms with Gasteiger partial charge in [-0.1, -0.05) is 18.2 Å². The summed E-state index contributed by atoms with van der Waals surface area (Å²) in [5, 5.41) is 2.95. The van der Waals surface area contributed by atoms with E-state index in [9.17, 15) is 9.00 Å². The smallest absolute Gasteiger partial charge is 0.317 e. The Balaban J connectivity index is 1.97. The lowest BCUT2D eigenvalue weighted by molar-refractivity contribution is 0.179. The summed E-state index contributed by atoms with van der Waals surface area (Å²) in [6, 6.07) is 7.57. The van der Waals surface area contributed by atoms with Crippen molar-refractivity contribution in [3.63, 3.8) is 0 Å². The van der Waals surface area contributed by atoms with E-state index in [4.69, 9.17) is 4.74 Å². The first kappa shape index (κ1) is 16.8. The molecule has 1 saturated heterocycles. The summed E-state index contributed by atoms with van der Waals surface area (Å²) in [6.45, 7) is 7.39. The number of para-hydroxylation sites is 1. The molecular weight excluding hydrogens is 300 g/mol. The molecule has 122 valence electrons. The molecule has 3 atom stereocenters. The second-order valence-electron chi connectivity index (χ2n) is 5.42. The number of rotatable bonds is 4. The average molecular weight is 324 g/mol. The lowest BCUT2D eigenvalue weighted by atomic mass is 10.2. The Labute approximate surface area is 134 Å². The highest BCUT2D eigenvalue weighted by Gasteiger charge is 2.32. The molecule has 0 saturated carbocycles. The van der Waals surface area contributed by atoms with E-state index in [1.807, 2.05) is 45.0 Å². The molecular formula is C16H24N2O3S. The van der Waals surface area contributed by atoms with Gasteiger partial charge in [-0.3, -0.25) is 4.21 Å². The SMILES string of the molecule is CCOc1ccccc1CNC(=O)N1CC[S@](=O)[C@@H](C)[C@H]1C. The van der Waals surface area contributed by atoms with Crippen LogP contribution in [0.4, 0.5) is 4.79 Å². The van der Waals surface area contributed by atoms with Gasteiger partial charge in [0.1, 0.15) is 5.75 Å². The number of ether oxygens (including phenoxy) is 1. The van der Waals surface area contributed by atoms with Gasteiger partial charge in [0.15, 0.2) is 0 Å². The lowest BCUT2D eigenvalue weighted by Gasteiger charge is -2.37. The summed E-state index contributed by atoms with van der Waals surface area (Å²) in [5.41, 5.74) is 0.957. The number of carbonyl (C=O) groups excluding carboxylic acids is 1. The normalized spacial score (nSPS) is 24.9. The Bertz CT molecular complexity index is 550. The molecule has 0 spiro atoms. The quantitative estimate of drug-likeness (QED) is 0.923. The lowest BCUT2D eigenvalue weighted by Crippen LogP contribution is -2.55. The average Bonchev–Trinajstić information content (AvgIpc) is 2.52. The molecule has 1 fully saturated rings. The molecule has 1 aromatic carbocycles. The first-order chi connectivity index (χ1) is 10.5. The van der Waals surface area contributed by atoms with Crippen molar-refractivity contribution >= 4 is 16.8 Å². The standard InChI is InChI=1S/C16H24N2O3S/c1-4-21-15-8-6-5-7-14(15)11-17-16(19)18-9-10-22(20)13(3)12(18)2/h5-8,12-13H,4,9-11H2,1-3H3,(H,17,19)/t12-,13+,22+/m1/s1. The Morgan fingerprint density at radius 1 is 1.41 bits per heavy atom. The van der Waals surface area contributed by atoms with E-state index < -0.39 is 10.8 Å². The fourth-order valence-electron chi connectivity index (χ4n) is 2.56. The minimum absolute atomic E-state index is 0.00945. The van der Waals surface area contributed by atoms with E-state index in [2.05, 4.69) is 5.32 Å². The van der Waals surface area contributed by atoms with Crippen molar-refractivity contribution in [2.75, 3.05) is 18.9 Å². The van der Waals surface area contributed by atoms with E-state index in [1.54, 1.807) is 4.90 Å². The molecule has 1 aromatic rings. The van der Waals surface area contributed by atoms with Gasteiger partial charge in [-0.2, -0.15) is 0 Å². The maximum absolute atomic E-state index is 12.4. The molecule has 6 heteroatoms. The minimum Gasteiger partial charge on any atom is -0.494 e. The zero-order valence-corrected chi connectivity index (χ0v) is 14.2. The summed E-state index contributed by atoms with van der Waals surface area (Å²) in [6.07, 6.45) is 0. The maximum atomic E-state index is 12.4. The monoisotopic (exact) mass is 324 g/mol. The number of benzene rings is 1. The van der Waals surface area contributed by atoms with Crippen molar-refractivity contribution in [3.05, 3.63) is 29.8 Å². The molecule has 1 aliphatic heterocycles. The molecule has 22 heavy (non-hydrogen) atoms. The van der Waals surface area contributed by atoms with Crippen molar-refractivity contribution in [1.29, 1.82) is 0 Å². The van der Waals surface area contributed by atoms with E-state index in [1.165, 1.54) is 0 Å². The predicted octanol–water partition coefficient (Wildman–Crippen LogP) is 2.14. The Hall–Kier alpha value is -1.56. The molecule has 5 nitrogen and oxygen atoms in total. The van der Waals surface area contributed by atoms with Crippen molar-refractivity contribution in [3.8, 4) is 5.75 Å². The van der Waals surface area contributed by atoms with E-state index in [0.717, 1.165) is 11.3 Å². The summed E-state index contributed by atoms with van der Waals surface area (Å²) >= 11 is 0. The zero-order valence-electron chi connectivity index (χ0n) is 13.4. The summed E-state index contributed by atoms with van der Waals surface area (Å²) in [5.74, 6) is 1.35. The van der Waals surface area contributed by atoms with Gasteiger partial charge in [0.25, 0.3) is 0 Å². The van der Waals surface area contributed by atoms with Crippen molar-refractivity contribution in [2.24, 2.45) is 0 Å². The van der Waals surface area contributed by atoms with Crippen molar-refractivity contribution in [1.82, 2.24) is 10.2 Å². The first-order valence-electron chi connectivity index (χ1n) is 7.67. The van der Waals surface area contributed by atoms with Crippen LogP contribution in [0.2, 0.25) is 0 Å². The Kier molecular flexibility index (Phi) is 5.83. The van der Waals surface area contributed by atoms with Gasteiger partial charge in [0.05, 0.1) is 11.9 Å². The second kappa shape index (κ2) is 7.63. The number of nitrogens with one attached hydrogen (secondary N) is 1. The Morgan fingerprint density at radius 3 is 2.86 bits per heavy atom. The van der Waals surface area contributed by atoms with Gasteiger partial charge < -0.3 is 15.0 Å². The van der Waals surface area contributed by atoms with Crippen molar-refractivity contribution < 1.29 is 13.7 Å². The van der Waals surface area contributed by atoms with Gasteiger partial charge in [0.2, 0.25) is 0 Å². The highest BCUT2D eigenvalue weighted by Crippen LogP contribution is 2.19. The molecule has 0 radical (unpaired) electrons. The Morgan fingerprint density at radius 2 is 2.14 bits per heavy atom. The van der Waals surface area contributed by atoms with Gasteiger partial charge in [-0.05, 0) is 26.8 Å². The molecule has 0 aromatic heterocycles. The van der Waals surface area contributed by atoms with E-state index in [0.29, 0.717) is 25.4 Å². The van der Waals surface area contributed by atoms with Crippen molar-refractivity contribution in [2.45, 2.75) is 38.6 Å². The van der Waals surface area contributed by atoms with E-state index in [-0.39, 0.29) is 17.3 Å². The number of nitrogens with zero attached hydrogens (tertiary/aromatic N) is 1. The highest BCUT2D eigenvalue weighted by molar-refractivity contribution is 7.85. The number of carbonyl (C=O) groups is 1. The summed E-state index contributed by atoms with van der Waals surface area (Å²) in [4.78, 5) is 14.2. The number of amides is 2. The molecule has 0 bridgehead atoms. The minimum atomic E-state index is -0.840. The number of hydrogen-bond donors (Lipinski definition) is 1. The van der Waals surface area contributed by atoms with Crippen LogP contribution in [0.1, 0.15) is 26.3 Å². The van der Waals surface area contributed by atoms with Gasteiger partial charge in [0, 0.05) is 41.2 Å².